The van der Waals surface area contributed by atoms with Crippen molar-refractivity contribution in [2.75, 3.05) is 13.1 Å². The zero-order chi connectivity index (χ0) is 38.6. The Kier molecular flexibility index (Phi) is 17.2. The Balaban J connectivity index is 1.81. The summed E-state index contributed by atoms with van der Waals surface area (Å²) >= 11 is 0. The number of hydrogen-bond acceptors (Lipinski definition) is 7. The fraction of sp³-hybridized carbons (Fsp3) is 0.359. The molecule has 0 aliphatic heterocycles. The van der Waals surface area contributed by atoms with Crippen molar-refractivity contribution >= 4 is 41.4 Å². The highest BCUT2D eigenvalue weighted by molar-refractivity contribution is 5.95. The summed E-state index contributed by atoms with van der Waals surface area (Å²) in [5.74, 6) is -3.81. The molecule has 0 spiro atoms. The standard InChI is InChI=1S/C39H49N7O7/c1-26(47)42-25-35(49)41-21-13-12-20-31(44-38(52)33(43-27(2)48)23-29-16-8-4-9-17-29)37(51)46-34(24-30-18-10-5-11-19-30)39(53)45-32(36(40)50)22-28-14-6-3-7-15-28/h3-11,14-19,31-34H,12-13,20-25H2,1-2H3,(H2,40,50)(H,41,49)(H,42,47)(H,43,48)(H,44,52)(H,45,53)(H,46,51)/t31-,32-,33-,34-/m0/s1. The fourth-order valence-corrected chi connectivity index (χ4v) is 5.49. The Bertz CT molecular complexity index is 1670. The van der Waals surface area contributed by atoms with Crippen molar-refractivity contribution in [3.8, 4) is 0 Å². The van der Waals surface area contributed by atoms with Gasteiger partial charge in [0, 0.05) is 39.7 Å². The smallest absolute Gasteiger partial charge is 0.243 e. The van der Waals surface area contributed by atoms with Gasteiger partial charge in [-0.05, 0) is 36.0 Å². The highest BCUT2D eigenvalue weighted by Gasteiger charge is 2.31. The van der Waals surface area contributed by atoms with Gasteiger partial charge >= 0.3 is 0 Å². The third kappa shape index (κ3) is 15.8. The predicted octanol–water partition coefficient (Wildman–Crippen LogP) is 0.582. The van der Waals surface area contributed by atoms with Crippen LogP contribution in [-0.4, -0.2) is 78.6 Å². The van der Waals surface area contributed by atoms with Gasteiger partial charge in [-0.1, -0.05) is 91.0 Å². The van der Waals surface area contributed by atoms with Crippen molar-refractivity contribution in [1.82, 2.24) is 31.9 Å². The van der Waals surface area contributed by atoms with Crippen LogP contribution in [0.3, 0.4) is 0 Å². The first-order valence-electron chi connectivity index (χ1n) is 17.5. The molecule has 0 aliphatic rings. The molecule has 0 radical (unpaired) electrons. The van der Waals surface area contributed by atoms with Crippen LogP contribution in [0.5, 0.6) is 0 Å². The zero-order valence-corrected chi connectivity index (χ0v) is 30.1. The molecule has 14 nitrogen and oxygen atoms in total. The molecule has 0 bridgehead atoms. The lowest BCUT2D eigenvalue weighted by molar-refractivity contribution is -0.134. The van der Waals surface area contributed by atoms with E-state index in [1.165, 1.54) is 13.8 Å². The lowest BCUT2D eigenvalue weighted by Crippen LogP contribution is -2.59. The normalized spacial score (nSPS) is 12.9. The van der Waals surface area contributed by atoms with Gasteiger partial charge in [0.25, 0.3) is 0 Å². The van der Waals surface area contributed by atoms with E-state index in [0.29, 0.717) is 12.8 Å². The Morgan fingerprint density at radius 3 is 1.38 bits per heavy atom. The third-order valence-electron chi connectivity index (χ3n) is 8.21. The summed E-state index contributed by atoms with van der Waals surface area (Å²) in [4.78, 5) is 89.1. The van der Waals surface area contributed by atoms with E-state index in [1.54, 1.807) is 48.5 Å². The monoisotopic (exact) mass is 727 g/mol. The molecule has 0 aliphatic carbocycles. The minimum absolute atomic E-state index is 0.0682. The molecule has 0 unspecified atom stereocenters. The van der Waals surface area contributed by atoms with Crippen molar-refractivity contribution in [2.45, 2.75) is 76.5 Å². The molecule has 0 fully saturated rings. The molecule has 0 aromatic heterocycles. The van der Waals surface area contributed by atoms with Gasteiger partial charge in [-0.15, -0.1) is 0 Å². The number of primary amides is 1. The highest BCUT2D eigenvalue weighted by atomic mass is 16.2. The van der Waals surface area contributed by atoms with Crippen LogP contribution in [0.25, 0.3) is 0 Å². The molecular formula is C39H49N7O7. The number of benzene rings is 3. The summed E-state index contributed by atoms with van der Waals surface area (Å²) in [5.41, 5.74) is 7.97. The first-order valence-corrected chi connectivity index (χ1v) is 17.5. The van der Waals surface area contributed by atoms with Crippen molar-refractivity contribution < 1.29 is 33.6 Å². The Morgan fingerprint density at radius 1 is 0.509 bits per heavy atom. The van der Waals surface area contributed by atoms with E-state index in [9.17, 15) is 33.6 Å². The second-order valence-corrected chi connectivity index (χ2v) is 12.7. The average molecular weight is 728 g/mol. The maximum Gasteiger partial charge on any atom is 0.243 e. The van der Waals surface area contributed by atoms with Crippen LogP contribution in [0.2, 0.25) is 0 Å². The van der Waals surface area contributed by atoms with E-state index in [-0.39, 0.29) is 50.6 Å². The van der Waals surface area contributed by atoms with Gasteiger partial charge in [0.15, 0.2) is 0 Å². The Morgan fingerprint density at radius 2 is 0.925 bits per heavy atom. The second-order valence-electron chi connectivity index (χ2n) is 12.7. The summed E-state index contributed by atoms with van der Waals surface area (Å²) < 4.78 is 0. The van der Waals surface area contributed by atoms with E-state index in [2.05, 4.69) is 31.9 Å². The molecule has 4 atom stereocenters. The number of nitrogens with two attached hydrogens (primary N) is 1. The minimum Gasteiger partial charge on any atom is -0.368 e. The molecule has 282 valence electrons. The van der Waals surface area contributed by atoms with Gasteiger partial charge in [-0.2, -0.15) is 0 Å². The molecule has 7 amide bonds. The second kappa shape index (κ2) is 22.0. The quantitative estimate of drug-likeness (QED) is 0.0774. The van der Waals surface area contributed by atoms with Gasteiger partial charge in [-0.25, -0.2) is 0 Å². The fourth-order valence-electron chi connectivity index (χ4n) is 5.49. The van der Waals surface area contributed by atoms with Crippen molar-refractivity contribution in [3.63, 3.8) is 0 Å². The van der Waals surface area contributed by atoms with E-state index >= 15 is 0 Å². The van der Waals surface area contributed by atoms with Crippen LogP contribution in [0.1, 0.15) is 49.8 Å². The van der Waals surface area contributed by atoms with Crippen LogP contribution in [-0.2, 0) is 52.8 Å². The molecule has 53 heavy (non-hydrogen) atoms. The average Bonchev–Trinajstić information content (AvgIpc) is 3.13. The first-order chi connectivity index (χ1) is 25.4. The van der Waals surface area contributed by atoms with Crippen molar-refractivity contribution in [1.29, 1.82) is 0 Å². The van der Waals surface area contributed by atoms with Gasteiger partial charge in [-0.3, -0.25) is 33.6 Å². The SMILES string of the molecule is CC(=O)NCC(=O)NCCCC[C@H](NC(=O)[C@H](Cc1ccccc1)NC(C)=O)C(=O)N[C@@H](Cc1ccccc1)C(=O)N[C@@H](Cc1ccccc1)C(N)=O. The van der Waals surface area contributed by atoms with Crippen LogP contribution >= 0.6 is 0 Å². The largest absolute Gasteiger partial charge is 0.368 e. The highest BCUT2D eigenvalue weighted by Crippen LogP contribution is 2.10. The summed E-state index contributed by atoms with van der Waals surface area (Å²) in [5, 5.41) is 16.0. The number of nitrogens with one attached hydrogen (secondary N) is 6. The number of rotatable bonds is 21. The molecule has 0 heterocycles. The number of unbranched alkanes of at least 4 members (excludes halogenated alkanes) is 1. The topological polar surface area (TPSA) is 218 Å². The summed E-state index contributed by atoms with van der Waals surface area (Å²) in [7, 11) is 0. The summed E-state index contributed by atoms with van der Waals surface area (Å²) in [6.07, 6.45) is 1.29. The molecule has 3 rings (SSSR count). The first kappa shape index (κ1) is 41.4. The van der Waals surface area contributed by atoms with Gasteiger partial charge in [0.2, 0.25) is 41.4 Å². The Hall–Kier alpha value is -6.05. The van der Waals surface area contributed by atoms with Crippen LogP contribution < -0.4 is 37.6 Å². The molecule has 8 N–H and O–H groups in total. The van der Waals surface area contributed by atoms with Gasteiger partial charge in [0.1, 0.15) is 24.2 Å². The summed E-state index contributed by atoms with van der Waals surface area (Å²) in [6, 6.07) is 22.7. The molecule has 14 heteroatoms. The predicted molar refractivity (Wildman–Crippen MR) is 199 cm³/mol. The molecule has 3 aromatic carbocycles. The number of amides is 7. The van der Waals surface area contributed by atoms with Crippen molar-refractivity contribution in [2.24, 2.45) is 5.73 Å². The van der Waals surface area contributed by atoms with Crippen LogP contribution in [0.15, 0.2) is 91.0 Å². The number of hydrogen-bond donors (Lipinski definition) is 7. The van der Waals surface area contributed by atoms with Gasteiger partial charge in [0.05, 0.1) is 6.54 Å². The van der Waals surface area contributed by atoms with E-state index < -0.39 is 53.7 Å². The molecule has 0 saturated heterocycles. The number of carbonyl (C=O) groups is 7. The molecule has 3 aromatic rings. The maximum absolute atomic E-state index is 14.0. The zero-order valence-electron chi connectivity index (χ0n) is 30.1. The minimum atomic E-state index is -1.16. The summed E-state index contributed by atoms with van der Waals surface area (Å²) in [6.45, 7) is 2.67. The molecule has 0 saturated carbocycles. The maximum atomic E-state index is 14.0. The lowest BCUT2D eigenvalue weighted by Gasteiger charge is -2.26. The Labute approximate surface area is 309 Å². The van der Waals surface area contributed by atoms with Crippen LogP contribution in [0.4, 0.5) is 0 Å². The van der Waals surface area contributed by atoms with E-state index in [4.69, 9.17) is 5.73 Å². The number of carbonyl (C=O) groups excluding carboxylic acids is 7. The third-order valence-corrected chi connectivity index (χ3v) is 8.21. The van der Waals surface area contributed by atoms with Gasteiger partial charge < -0.3 is 37.6 Å². The van der Waals surface area contributed by atoms with Crippen LogP contribution in [0, 0.1) is 0 Å². The lowest BCUT2D eigenvalue weighted by atomic mass is 10.0. The van der Waals surface area contributed by atoms with Crippen molar-refractivity contribution in [3.05, 3.63) is 108 Å². The van der Waals surface area contributed by atoms with E-state index in [1.807, 2.05) is 42.5 Å². The van der Waals surface area contributed by atoms with E-state index in [0.717, 1.165) is 16.7 Å². The molecular weight excluding hydrogens is 678 g/mol.